The first-order valence-corrected chi connectivity index (χ1v) is 9.11. The van der Waals surface area contributed by atoms with Crippen LogP contribution in [0.1, 0.15) is 28.9 Å². The highest BCUT2D eigenvalue weighted by Gasteiger charge is 2.16. The highest BCUT2D eigenvalue weighted by molar-refractivity contribution is 7.98. The molecule has 1 aliphatic rings. The lowest BCUT2D eigenvalue weighted by Crippen LogP contribution is -2.37. The fraction of sp³-hybridized carbons (Fsp3) is 0.643. The van der Waals surface area contributed by atoms with Crippen molar-refractivity contribution in [3.05, 3.63) is 16.3 Å². The number of aliphatic hydroxyl groups is 1. The third-order valence-electron chi connectivity index (χ3n) is 3.55. The summed E-state index contributed by atoms with van der Waals surface area (Å²) >= 11 is 3.11. The van der Waals surface area contributed by atoms with Gasteiger partial charge in [-0.25, -0.2) is 0 Å². The van der Waals surface area contributed by atoms with Crippen molar-refractivity contribution in [2.75, 3.05) is 32.4 Å². The maximum absolute atomic E-state index is 12.0. The van der Waals surface area contributed by atoms with Crippen molar-refractivity contribution in [2.24, 2.45) is 0 Å². The van der Waals surface area contributed by atoms with Crippen LogP contribution in [0, 0.1) is 0 Å². The summed E-state index contributed by atoms with van der Waals surface area (Å²) in [7, 11) is 0. The van der Waals surface area contributed by atoms with Gasteiger partial charge in [0.2, 0.25) is 0 Å². The lowest BCUT2D eigenvalue weighted by Gasteiger charge is -2.29. The Morgan fingerprint density at radius 1 is 1.55 bits per heavy atom. The van der Waals surface area contributed by atoms with Crippen LogP contribution >= 0.6 is 23.1 Å². The third-order valence-corrected chi connectivity index (χ3v) is 5.37. The number of amides is 1. The summed E-state index contributed by atoms with van der Waals surface area (Å²) in [5, 5.41) is 14.4. The minimum absolute atomic E-state index is 0.0402. The van der Waals surface area contributed by atoms with Gasteiger partial charge in [0, 0.05) is 24.5 Å². The molecule has 112 valence electrons. The van der Waals surface area contributed by atoms with Crippen molar-refractivity contribution in [3.63, 3.8) is 0 Å². The van der Waals surface area contributed by atoms with E-state index in [9.17, 15) is 9.90 Å². The van der Waals surface area contributed by atoms with Crippen LogP contribution in [-0.2, 0) is 0 Å². The lowest BCUT2D eigenvalue weighted by molar-refractivity contribution is 0.0816. The molecule has 20 heavy (non-hydrogen) atoms. The normalized spacial score (nSPS) is 17.3. The molecule has 0 unspecified atom stereocenters. The van der Waals surface area contributed by atoms with E-state index in [2.05, 4.69) is 10.2 Å². The Hall–Kier alpha value is -0.560. The second kappa shape index (κ2) is 8.02. The SMILES string of the molecule is CSc1ccsc1C(=O)NCCCN1CCC(O)CC1. The summed E-state index contributed by atoms with van der Waals surface area (Å²) in [6.07, 6.45) is 4.58. The van der Waals surface area contributed by atoms with E-state index in [1.807, 2.05) is 17.7 Å². The number of thiophene rings is 1. The first-order chi connectivity index (χ1) is 9.70. The van der Waals surface area contributed by atoms with E-state index in [0.717, 1.165) is 48.7 Å². The van der Waals surface area contributed by atoms with Crippen LogP contribution in [0.5, 0.6) is 0 Å². The number of hydrogen-bond donors (Lipinski definition) is 2. The van der Waals surface area contributed by atoms with E-state index in [0.29, 0.717) is 6.54 Å². The molecule has 2 heterocycles. The molecule has 1 aromatic rings. The summed E-state index contributed by atoms with van der Waals surface area (Å²) in [5.74, 6) is 0.0402. The number of aliphatic hydroxyl groups excluding tert-OH is 1. The molecule has 0 bridgehead atoms. The first kappa shape index (κ1) is 15.8. The molecule has 1 amide bonds. The van der Waals surface area contributed by atoms with Crippen LogP contribution in [0.2, 0.25) is 0 Å². The average Bonchev–Trinajstić information content (AvgIpc) is 2.94. The number of piperidine rings is 1. The van der Waals surface area contributed by atoms with Gasteiger partial charge in [-0.05, 0) is 43.5 Å². The predicted molar refractivity (Wildman–Crippen MR) is 84.7 cm³/mol. The molecule has 0 aliphatic carbocycles. The van der Waals surface area contributed by atoms with Crippen molar-refractivity contribution < 1.29 is 9.90 Å². The Balaban J connectivity index is 1.65. The number of rotatable bonds is 6. The maximum Gasteiger partial charge on any atom is 0.262 e. The van der Waals surface area contributed by atoms with Gasteiger partial charge in [0.25, 0.3) is 5.91 Å². The number of hydrogen-bond acceptors (Lipinski definition) is 5. The zero-order chi connectivity index (χ0) is 14.4. The van der Waals surface area contributed by atoms with E-state index in [-0.39, 0.29) is 12.0 Å². The molecule has 1 fully saturated rings. The Bertz CT molecular complexity index is 429. The molecule has 0 atom stereocenters. The van der Waals surface area contributed by atoms with Crippen LogP contribution in [0.15, 0.2) is 16.3 Å². The fourth-order valence-electron chi connectivity index (χ4n) is 2.35. The summed E-state index contributed by atoms with van der Waals surface area (Å²) in [6, 6.07) is 1.99. The Kier molecular flexibility index (Phi) is 6.35. The third kappa shape index (κ3) is 4.48. The second-order valence-corrected chi connectivity index (χ2v) is 6.76. The van der Waals surface area contributed by atoms with E-state index in [1.165, 1.54) is 11.3 Å². The second-order valence-electron chi connectivity index (χ2n) is 5.00. The summed E-state index contributed by atoms with van der Waals surface area (Å²) < 4.78 is 0. The van der Waals surface area contributed by atoms with Crippen LogP contribution in [0.4, 0.5) is 0 Å². The van der Waals surface area contributed by atoms with Crippen molar-refractivity contribution in [2.45, 2.75) is 30.3 Å². The number of thioether (sulfide) groups is 1. The molecular weight excluding hydrogens is 292 g/mol. The van der Waals surface area contributed by atoms with Crippen LogP contribution in [0.3, 0.4) is 0 Å². The molecule has 2 N–H and O–H groups in total. The molecule has 2 rings (SSSR count). The quantitative estimate of drug-likeness (QED) is 0.623. The van der Waals surface area contributed by atoms with E-state index < -0.39 is 0 Å². The van der Waals surface area contributed by atoms with E-state index in [4.69, 9.17) is 0 Å². The number of likely N-dealkylation sites (tertiary alicyclic amines) is 1. The molecule has 0 spiro atoms. The van der Waals surface area contributed by atoms with Crippen molar-refractivity contribution >= 4 is 29.0 Å². The smallest absolute Gasteiger partial charge is 0.262 e. The molecular formula is C14H22N2O2S2. The molecule has 1 saturated heterocycles. The summed E-state index contributed by atoms with van der Waals surface area (Å²) in [5.41, 5.74) is 0. The van der Waals surface area contributed by atoms with E-state index >= 15 is 0 Å². The monoisotopic (exact) mass is 314 g/mol. The van der Waals surface area contributed by atoms with Crippen LogP contribution in [-0.4, -0.2) is 54.5 Å². The average molecular weight is 314 g/mol. The minimum Gasteiger partial charge on any atom is -0.393 e. The molecule has 6 heteroatoms. The topological polar surface area (TPSA) is 52.6 Å². The number of carbonyl (C=O) groups excluding carboxylic acids is 1. The van der Waals surface area contributed by atoms with Gasteiger partial charge in [-0.3, -0.25) is 4.79 Å². The fourth-order valence-corrected chi connectivity index (χ4v) is 4.02. The van der Waals surface area contributed by atoms with Gasteiger partial charge in [-0.2, -0.15) is 0 Å². The van der Waals surface area contributed by atoms with Crippen LogP contribution < -0.4 is 5.32 Å². The first-order valence-electron chi connectivity index (χ1n) is 7.01. The predicted octanol–water partition coefficient (Wildman–Crippen LogP) is 2.05. The van der Waals surface area contributed by atoms with Crippen molar-refractivity contribution in [1.29, 1.82) is 0 Å². The Labute approximate surface area is 128 Å². The zero-order valence-corrected chi connectivity index (χ0v) is 13.4. The number of carbonyl (C=O) groups is 1. The molecule has 0 aromatic carbocycles. The van der Waals surface area contributed by atoms with Gasteiger partial charge < -0.3 is 15.3 Å². The zero-order valence-electron chi connectivity index (χ0n) is 11.8. The van der Waals surface area contributed by atoms with Gasteiger partial charge in [-0.1, -0.05) is 0 Å². The Morgan fingerprint density at radius 3 is 3.00 bits per heavy atom. The maximum atomic E-state index is 12.0. The lowest BCUT2D eigenvalue weighted by atomic mass is 10.1. The van der Waals surface area contributed by atoms with Crippen LogP contribution in [0.25, 0.3) is 0 Å². The van der Waals surface area contributed by atoms with Gasteiger partial charge in [0.1, 0.15) is 4.88 Å². The van der Waals surface area contributed by atoms with Gasteiger partial charge in [0.05, 0.1) is 6.10 Å². The minimum atomic E-state index is -0.116. The van der Waals surface area contributed by atoms with Gasteiger partial charge in [0.15, 0.2) is 0 Å². The summed E-state index contributed by atoms with van der Waals surface area (Å²) in [4.78, 5) is 16.2. The molecule has 4 nitrogen and oxygen atoms in total. The number of nitrogens with one attached hydrogen (secondary N) is 1. The van der Waals surface area contributed by atoms with Crippen molar-refractivity contribution in [3.8, 4) is 0 Å². The largest absolute Gasteiger partial charge is 0.393 e. The standard InChI is InChI=1S/C14H22N2O2S2/c1-19-12-5-10-20-13(12)14(18)15-6-2-7-16-8-3-11(17)4-9-16/h5,10-11,17H,2-4,6-9H2,1H3,(H,15,18). The molecule has 1 aliphatic heterocycles. The number of nitrogens with zero attached hydrogens (tertiary/aromatic N) is 1. The van der Waals surface area contributed by atoms with Crippen molar-refractivity contribution in [1.82, 2.24) is 10.2 Å². The molecule has 0 saturated carbocycles. The molecule has 1 aromatic heterocycles. The highest BCUT2D eigenvalue weighted by atomic mass is 32.2. The highest BCUT2D eigenvalue weighted by Crippen LogP contribution is 2.25. The van der Waals surface area contributed by atoms with Gasteiger partial charge >= 0.3 is 0 Å². The van der Waals surface area contributed by atoms with E-state index in [1.54, 1.807) is 11.8 Å². The van der Waals surface area contributed by atoms with Gasteiger partial charge in [-0.15, -0.1) is 23.1 Å². The summed E-state index contributed by atoms with van der Waals surface area (Å²) in [6.45, 7) is 3.64. The molecule has 0 radical (unpaired) electrons. The Morgan fingerprint density at radius 2 is 2.30 bits per heavy atom.